The van der Waals surface area contributed by atoms with Crippen molar-refractivity contribution in [2.45, 2.75) is 20.0 Å². The van der Waals surface area contributed by atoms with Crippen LogP contribution in [0.3, 0.4) is 0 Å². The van der Waals surface area contributed by atoms with Gasteiger partial charge in [0.05, 0.1) is 20.3 Å². The van der Waals surface area contributed by atoms with Crippen LogP contribution in [0.2, 0.25) is 0 Å². The molecule has 0 saturated carbocycles. The Labute approximate surface area is 118 Å². The molecule has 0 aliphatic heterocycles. The number of carbonyl (C=O) groups is 1. The highest BCUT2D eigenvalue weighted by Gasteiger charge is 2.13. The number of nitrogens with zero attached hydrogens (tertiary/aromatic N) is 1. The number of hydrogen-bond acceptors (Lipinski definition) is 5. The van der Waals surface area contributed by atoms with E-state index in [4.69, 9.17) is 19.5 Å². The number of ether oxygens (including phenoxy) is 3. The summed E-state index contributed by atoms with van der Waals surface area (Å²) < 4.78 is 15.3. The summed E-state index contributed by atoms with van der Waals surface area (Å²) in [5.41, 5.74) is 0.589. The molecule has 1 aromatic carbocycles. The third kappa shape index (κ3) is 4.02. The molecule has 0 heterocycles. The van der Waals surface area contributed by atoms with Gasteiger partial charge in [0.1, 0.15) is 11.6 Å². The first-order valence-electron chi connectivity index (χ1n) is 6.06. The van der Waals surface area contributed by atoms with E-state index in [1.807, 2.05) is 6.07 Å². The van der Waals surface area contributed by atoms with Crippen LogP contribution in [0.4, 0.5) is 0 Å². The van der Waals surface area contributed by atoms with Crippen LogP contribution in [0, 0.1) is 11.3 Å². The Morgan fingerprint density at radius 3 is 2.40 bits per heavy atom. The Bertz CT molecular complexity index is 555. The lowest BCUT2D eigenvalue weighted by molar-refractivity contribution is -0.142. The maximum atomic E-state index is 11.7. The van der Waals surface area contributed by atoms with Crippen molar-refractivity contribution in [3.63, 3.8) is 0 Å². The molecule has 0 aliphatic carbocycles. The summed E-state index contributed by atoms with van der Waals surface area (Å²) in [4.78, 5) is 11.7. The monoisotopic (exact) mass is 275 g/mol. The number of nitriles is 1. The van der Waals surface area contributed by atoms with Crippen molar-refractivity contribution in [1.29, 1.82) is 5.26 Å². The molecule has 5 nitrogen and oxygen atoms in total. The van der Waals surface area contributed by atoms with Gasteiger partial charge < -0.3 is 14.2 Å². The summed E-state index contributed by atoms with van der Waals surface area (Å²) in [5.74, 6) is 0.459. The first-order valence-corrected chi connectivity index (χ1v) is 6.06. The van der Waals surface area contributed by atoms with Gasteiger partial charge in [-0.3, -0.25) is 0 Å². The van der Waals surface area contributed by atoms with Crippen molar-refractivity contribution in [3.8, 4) is 17.6 Å². The highest BCUT2D eigenvalue weighted by Crippen LogP contribution is 2.28. The van der Waals surface area contributed by atoms with Gasteiger partial charge in [-0.1, -0.05) is 6.07 Å². The maximum Gasteiger partial charge on any atom is 0.349 e. The molecular weight excluding hydrogens is 258 g/mol. The summed E-state index contributed by atoms with van der Waals surface area (Å²) >= 11 is 0. The van der Waals surface area contributed by atoms with Gasteiger partial charge in [-0.25, -0.2) is 4.79 Å². The first kappa shape index (κ1) is 15.6. The Hall–Kier alpha value is -2.48. The van der Waals surface area contributed by atoms with Gasteiger partial charge in [0.25, 0.3) is 0 Å². The van der Waals surface area contributed by atoms with E-state index in [2.05, 4.69) is 0 Å². The van der Waals surface area contributed by atoms with Crippen LogP contribution >= 0.6 is 0 Å². The Morgan fingerprint density at radius 2 is 1.90 bits per heavy atom. The molecular formula is C15H17NO4. The average Bonchev–Trinajstić information content (AvgIpc) is 2.43. The van der Waals surface area contributed by atoms with E-state index in [0.717, 1.165) is 0 Å². The molecule has 0 atom stereocenters. The maximum absolute atomic E-state index is 11.7. The number of benzene rings is 1. The molecule has 0 unspecified atom stereocenters. The molecule has 0 spiro atoms. The highest BCUT2D eigenvalue weighted by atomic mass is 16.5. The number of esters is 1. The van der Waals surface area contributed by atoms with Gasteiger partial charge in [-0.05, 0) is 37.6 Å². The first-order chi connectivity index (χ1) is 9.51. The zero-order valence-corrected chi connectivity index (χ0v) is 12.0. The normalized spacial score (nSPS) is 10.9. The Morgan fingerprint density at radius 1 is 1.25 bits per heavy atom. The number of carbonyl (C=O) groups excluding carboxylic acids is 1. The summed E-state index contributed by atoms with van der Waals surface area (Å²) in [7, 11) is 3.05. The zero-order chi connectivity index (χ0) is 15.1. The molecule has 0 radical (unpaired) electrons. The smallest absolute Gasteiger partial charge is 0.349 e. The molecule has 0 N–H and O–H groups in total. The minimum absolute atomic E-state index is 0.0640. The Kier molecular flexibility index (Phi) is 5.60. The Balaban J connectivity index is 3.08. The lowest BCUT2D eigenvalue weighted by atomic mass is 10.1. The lowest BCUT2D eigenvalue weighted by Gasteiger charge is -2.09. The van der Waals surface area contributed by atoms with Crippen molar-refractivity contribution in [2.24, 2.45) is 0 Å². The molecule has 1 aromatic rings. The van der Waals surface area contributed by atoms with Crippen molar-refractivity contribution < 1.29 is 19.0 Å². The summed E-state index contributed by atoms with van der Waals surface area (Å²) in [6.07, 6.45) is 1.18. The fourth-order valence-electron chi connectivity index (χ4n) is 1.52. The van der Waals surface area contributed by atoms with Crippen LogP contribution in [0.15, 0.2) is 23.8 Å². The largest absolute Gasteiger partial charge is 0.493 e. The topological polar surface area (TPSA) is 68.5 Å². The standard InChI is InChI=1S/C15H17NO4/c1-10(2)20-15(17)12(9-16)7-11-5-6-13(18-3)14(8-11)19-4/h5-8,10H,1-4H3. The van der Waals surface area contributed by atoms with Crippen molar-refractivity contribution >= 4 is 12.0 Å². The molecule has 0 fully saturated rings. The molecule has 0 amide bonds. The SMILES string of the molecule is COc1ccc(C=C(C#N)C(=O)OC(C)C)cc1OC. The molecule has 1 rings (SSSR count). The van der Waals surface area contributed by atoms with E-state index >= 15 is 0 Å². The van der Waals surface area contributed by atoms with E-state index in [-0.39, 0.29) is 11.7 Å². The lowest BCUT2D eigenvalue weighted by Crippen LogP contribution is -2.12. The van der Waals surface area contributed by atoms with Crippen LogP contribution in [-0.4, -0.2) is 26.3 Å². The predicted octanol–water partition coefficient (Wildman–Crippen LogP) is 2.56. The zero-order valence-electron chi connectivity index (χ0n) is 12.0. The summed E-state index contributed by atoms with van der Waals surface area (Å²) in [5, 5.41) is 9.02. The minimum atomic E-state index is -0.641. The van der Waals surface area contributed by atoms with E-state index in [1.54, 1.807) is 32.0 Å². The second-order valence-electron chi connectivity index (χ2n) is 4.24. The number of hydrogen-bond donors (Lipinski definition) is 0. The minimum Gasteiger partial charge on any atom is -0.493 e. The molecule has 0 saturated heterocycles. The summed E-state index contributed by atoms with van der Waals surface area (Å²) in [6.45, 7) is 3.45. The predicted molar refractivity (Wildman–Crippen MR) is 74.4 cm³/mol. The van der Waals surface area contributed by atoms with E-state index in [0.29, 0.717) is 17.1 Å². The van der Waals surface area contributed by atoms with Gasteiger partial charge in [-0.2, -0.15) is 5.26 Å². The second-order valence-corrected chi connectivity index (χ2v) is 4.24. The molecule has 0 bridgehead atoms. The molecule has 106 valence electrons. The van der Waals surface area contributed by atoms with E-state index in [1.165, 1.54) is 20.3 Å². The van der Waals surface area contributed by atoms with Gasteiger partial charge in [-0.15, -0.1) is 0 Å². The fraction of sp³-hybridized carbons (Fsp3) is 0.333. The number of rotatable bonds is 5. The molecule has 5 heteroatoms. The molecule has 0 aliphatic rings. The van der Waals surface area contributed by atoms with Crippen LogP contribution < -0.4 is 9.47 Å². The van der Waals surface area contributed by atoms with Crippen LogP contribution in [0.25, 0.3) is 6.08 Å². The van der Waals surface area contributed by atoms with Crippen molar-refractivity contribution in [3.05, 3.63) is 29.3 Å². The quantitative estimate of drug-likeness (QED) is 0.469. The van der Waals surface area contributed by atoms with E-state index in [9.17, 15) is 4.79 Å². The van der Waals surface area contributed by atoms with Gasteiger partial charge in [0, 0.05) is 0 Å². The third-order valence-electron chi connectivity index (χ3n) is 2.40. The van der Waals surface area contributed by atoms with Gasteiger partial charge in [0.2, 0.25) is 0 Å². The molecule has 0 aromatic heterocycles. The van der Waals surface area contributed by atoms with Crippen LogP contribution in [-0.2, 0) is 9.53 Å². The average molecular weight is 275 g/mol. The second kappa shape index (κ2) is 7.19. The van der Waals surface area contributed by atoms with Gasteiger partial charge >= 0.3 is 5.97 Å². The van der Waals surface area contributed by atoms with E-state index < -0.39 is 5.97 Å². The van der Waals surface area contributed by atoms with Crippen LogP contribution in [0.5, 0.6) is 11.5 Å². The molecule has 20 heavy (non-hydrogen) atoms. The van der Waals surface area contributed by atoms with Crippen molar-refractivity contribution in [2.75, 3.05) is 14.2 Å². The van der Waals surface area contributed by atoms with Crippen molar-refractivity contribution in [1.82, 2.24) is 0 Å². The van der Waals surface area contributed by atoms with Crippen LogP contribution in [0.1, 0.15) is 19.4 Å². The van der Waals surface area contributed by atoms with Gasteiger partial charge in [0.15, 0.2) is 11.5 Å². The summed E-state index contributed by atoms with van der Waals surface area (Å²) in [6, 6.07) is 6.94. The fourth-order valence-corrected chi connectivity index (χ4v) is 1.52. The highest BCUT2D eigenvalue weighted by molar-refractivity contribution is 5.98. The number of methoxy groups -OCH3 is 2. The third-order valence-corrected chi connectivity index (χ3v) is 2.40.